The number of ketones is 1. The molecular weight excluding hydrogens is 246 g/mol. The van der Waals surface area contributed by atoms with Gasteiger partial charge in [0.05, 0.1) is 0 Å². The van der Waals surface area contributed by atoms with Gasteiger partial charge in [-0.15, -0.1) is 0 Å². The third kappa shape index (κ3) is 3.11. The summed E-state index contributed by atoms with van der Waals surface area (Å²) in [5, 5.41) is 4.03. The Morgan fingerprint density at radius 1 is 1.11 bits per heavy atom. The van der Waals surface area contributed by atoms with E-state index in [2.05, 4.69) is 5.32 Å². The Morgan fingerprint density at radius 2 is 1.78 bits per heavy atom. The summed E-state index contributed by atoms with van der Waals surface area (Å²) >= 11 is 6.07. The number of anilines is 1. The lowest BCUT2D eigenvalue weighted by molar-refractivity contribution is 0.101. The predicted octanol–water partition coefficient (Wildman–Crippen LogP) is 4.15. The van der Waals surface area contributed by atoms with Gasteiger partial charge >= 0.3 is 0 Å². The monoisotopic (exact) mass is 259 g/mol. The standard InChI is InChI=1S/C15H14ClNO/c1-11(18)12-6-8-14(9-7-12)17-10-13-4-2-3-5-15(13)16/h2-9,17H,10H2,1H3. The zero-order valence-electron chi connectivity index (χ0n) is 10.1. The Kier molecular flexibility index (Phi) is 4.00. The maximum absolute atomic E-state index is 11.1. The van der Waals surface area contributed by atoms with Gasteiger partial charge in [0.2, 0.25) is 0 Å². The molecule has 2 aromatic rings. The smallest absolute Gasteiger partial charge is 0.159 e. The molecule has 0 amide bonds. The van der Waals surface area contributed by atoms with Crippen LogP contribution >= 0.6 is 11.6 Å². The van der Waals surface area contributed by atoms with Gasteiger partial charge < -0.3 is 5.32 Å². The van der Waals surface area contributed by atoms with Gasteiger partial charge in [-0.1, -0.05) is 29.8 Å². The summed E-state index contributed by atoms with van der Waals surface area (Å²) in [4.78, 5) is 11.1. The highest BCUT2D eigenvalue weighted by Gasteiger charge is 2.00. The molecule has 2 nitrogen and oxygen atoms in total. The van der Waals surface area contributed by atoms with Gasteiger partial charge in [-0.3, -0.25) is 4.79 Å². The van der Waals surface area contributed by atoms with E-state index in [9.17, 15) is 4.79 Å². The van der Waals surface area contributed by atoms with Crippen molar-refractivity contribution in [3.8, 4) is 0 Å². The van der Waals surface area contributed by atoms with Gasteiger partial charge in [0.1, 0.15) is 0 Å². The molecule has 0 aliphatic carbocycles. The third-order valence-electron chi connectivity index (χ3n) is 2.73. The third-order valence-corrected chi connectivity index (χ3v) is 3.10. The molecular formula is C15H14ClNO. The maximum Gasteiger partial charge on any atom is 0.159 e. The van der Waals surface area contributed by atoms with Crippen molar-refractivity contribution in [3.05, 3.63) is 64.7 Å². The summed E-state index contributed by atoms with van der Waals surface area (Å²) in [6.45, 7) is 2.23. The van der Waals surface area contributed by atoms with Crippen LogP contribution in [0.1, 0.15) is 22.8 Å². The number of rotatable bonds is 4. The summed E-state index contributed by atoms with van der Waals surface area (Å²) in [7, 11) is 0. The van der Waals surface area contributed by atoms with Crippen molar-refractivity contribution in [3.63, 3.8) is 0 Å². The Labute approximate surface area is 112 Å². The number of nitrogens with one attached hydrogen (secondary N) is 1. The number of carbonyl (C=O) groups excluding carboxylic acids is 1. The van der Waals surface area contributed by atoms with E-state index in [1.807, 2.05) is 48.5 Å². The summed E-state index contributed by atoms with van der Waals surface area (Å²) in [6, 6.07) is 15.2. The highest BCUT2D eigenvalue weighted by molar-refractivity contribution is 6.31. The first-order chi connectivity index (χ1) is 8.66. The molecule has 0 bridgehead atoms. The van der Waals surface area contributed by atoms with E-state index in [0.29, 0.717) is 6.54 Å². The predicted molar refractivity (Wildman–Crippen MR) is 75.2 cm³/mol. The number of hydrogen-bond donors (Lipinski definition) is 1. The molecule has 0 aliphatic rings. The first-order valence-corrected chi connectivity index (χ1v) is 6.13. The molecule has 2 rings (SSSR count). The number of Topliss-reactive ketones (excluding diaryl/α,β-unsaturated/α-hetero) is 1. The van der Waals surface area contributed by atoms with Gasteiger partial charge in [-0.05, 0) is 42.8 Å². The summed E-state index contributed by atoms with van der Waals surface area (Å²) in [6.07, 6.45) is 0. The molecule has 2 aromatic carbocycles. The van der Waals surface area contributed by atoms with Crippen LogP contribution in [0, 0.1) is 0 Å². The van der Waals surface area contributed by atoms with E-state index in [1.165, 1.54) is 0 Å². The van der Waals surface area contributed by atoms with Crippen molar-refractivity contribution in [2.45, 2.75) is 13.5 Å². The van der Waals surface area contributed by atoms with Crippen molar-refractivity contribution >= 4 is 23.1 Å². The molecule has 3 heteroatoms. The molecule has 1 N–H and O–H groups in total. The minimum Gasteiger partial charge on any atom is -0.381 e. The lowest BCUT2D eigenvalue weighted by atomic mass is 10.1. The van der Waals surface area contributed by atoms with E-state index >= 15 is 0 Å². The summed E-state index contributed by atoms with van der Waals surface area (Å²) in [5.41, 5.74) is 2.74. The van der Waals surface area contributed by atoms with Crippen LogP contribution in [-0.2, 0) is 6.54 Å². The SMILES string of the molecule is CC(=O)c1ccc(NCc2ccccc2Cl)cc1. The Hall–Kier alpha value is -1.80. The molecule has 92 valence electrons. The highest BCUT2D eigenvalue weighted by atomic mass is 35.5. The molecule has 0 saturated carbocycles. The van der Waals surface area contributed by atoms with Gasteiger partial charge in [-0.2, -0.15) is 0 Å². The first kappa shape index (κ1) is 12.7. The van der Waals surface area contributed by atoms with Crippen molar-refractivity contribution in [1.29, 1.82) is 0 Å². The van der Waals surface area contributed by atoms with E-state index in [-0.39, 0.29) is 5.78 Å². The largest absolute Gasteiger partial charge is 0.381 e. The van der Waals surface area contributed by atoms with Crippen molar-refractivity contribution in [1.82, 2.24) is 0 Å². The van der Waals surface area contributed by atoms with Gasteiger partial charge in [0, 0.05) is 22.8 Å². The zero-order valence-corrected chi connectivity index (χ0v) is 10.9. The lowest BCUT2D eigenvalue weighted by Crippen LogP contribution is -2.00. The van der Waals surface area contributed by atoms with Gasteiger partial charge in [0.15, 0.2) is 5.78 Å². The molecule has 0 saturated heterocycles. The van der Waals surface area contributed by atoms with E-state index in [4.69, 9.17) is 11.6 Å². The Balaban J connectivity index is 2.02. The van der Waals surface area contributed by atoms with Crippen LogP contribution in [0.4, 0.5) is 5.69 Å². The van der Waals surface area contributed by atoms with E-state index in [1.54, 1.807) is 6.92 Å². The van der Waals surface area contributed by atoms with Crippen molar-refractivity contribution in [2.24, 2.45) is 0 Å². The highest BCUT2D eigenvalue weighted by Crippen LogP contribution is 2.17. The molecule has 0 radical (unpaired) electrons. The van der Waals surface area contributed by atoms with Crippen LogP contribution in [0.3, 0.4) is 0 Å². The van der Waals surface area contributed by atoms with Crippen LogP contribution < -0.4 is 5.32 Å². The second kappa shape index (κ2) is 5.69. The fourth-order valence-corrected chi connectivity index (χ4v) is 1.86. The molecule has 0 heterocycles. The summed E-state index contributed by atoms with van der Waals surface area (Å²) < 4.78 is 0. The van der Waals surface area contributed by atoms with Gasteiger partial charge in [-0.25, -0.2) is 0 Å². The number of halogens is 1. The van der Waals surface area contributed by atoms with E-state index in [0.717, 1.165) is 21.8 Å². The molecule has 0 atom stereocenters. The quantitative estimate of drug-likeness (QED) is 0.836. The number of hydrogen-bond acceptors (Lipinski definition) is 2. The molecule has 0 fully saturated rings. The normalized spacial score (nSPS) is 10.1. The fourth-order valence-electron chi connectivity index (χ4n) is 1.66. The van der Waals surface area contributed by atoms with Crippen LogP contribution in [-0.4, -0.2) is 5.78 Å². The lowest BCUT2D eigenvalue weighted by Gasteiger charge is -2.08. The zero-order chi connectivity index (χ0) is 13.0. The molecule has 0 aliphatic heterocycles. The maximum atomic E-state index is 11.1. The Morgan fingerprint density at radius 3 is 2.39 bits per heavy atom. The van der Waals surface area contributed by atoms with Crippen LogP contribution in [0.15, 0.2) is 48.5 Å². The molecule has 0 unspecified atom stereocenters. The Bertz CT molecular complexity index is 549. The van der Waals surface area contributed by atoms with Crippen molar-refractivity contribution in [2.75, 3.05) is 5.32 Å². The van der Waals surface area contributed by atoms with Crippen LogP contribution in [0.2, 0.25) is 5.02 Å². The van der Waals surface area contributed by atoms with E-state index < -0.39 is 0 Å². The van der Waals surface area contributed by atoms with Crippen LogP contribution in [0.5, 0.6) is 0 Å². The minimum absolute atomic E-state index is 0.0765. The number of carbonyl (C=O) groups is 1. The second-order valence-electron chi connectivity index (χ2n) is 4.08. The summed E-state index contributed by atoms with van der Waals surface area (Å²) in [5.74, 6) is 0.0765. The first-order valence-electron chi connectivity index (χ1n) is 5.75. The topological polar surface area (TPSA) is 29.1 Å². The van der Waals surface area contributed by atoms with Gasteiger partial charge in [0.25, 0.3) is 0 Å². The average molecular weight is 260 g/mol. The fraction of sp³-hybridized carbons (Fsp3) is 0.133. The van der Waals surface area contributed by atoms with Crippen molar-refractivity contribution < 1.29 is 4.79 Å². The molecule has 18 heavy (non-hydrogen) atoms. The molecule has 0 aromatic heterocycles. The molecule has 0 spiro atoms. The van der Waals surface area contributed by atoms with Crippen LogP contribution in [0.25, 0.3) is 0 Å². The second-order valence-corrected chi connectivity index (χ2v) is 4.49. The average Bonchev–Trinajstić information content (AvgIpc) is 2.38. The number of benzene rings is 2. The minimum atomic E-state index is 0.0765.